The van der Waals surface area contributed by atoms with Crippen molar-refractivity contribution in [3.05, 3.63) is 60.7 Å². The van der Waals surface area contributed by atoms with Gasteiger partial charge in [-0.05, 0) is 46.6 Å². The van der Waals surface area contributed by atoms with Gasteiger partial charge in [-0.1, -0.05) is 36.4 Å². The fraction of sp³-hybridized carbons (Fsp3) is 0.143. The van der Waals surface area contributed by atoms with E-state index in [9.17, 15) is 19.6 Å². The van der Waals surface area contributed by atoms with Crippen LogP contribution >= 0.6 is 11.4 Å². The van der Waals surface area contributed by atoms with Crippen molar-refractivity contribution in [1.29, 1.82) is 0 Å². The molecule has 136 valence electrons. The maximum absolute atomic E-state index is 11.0. The van der Waals surface area contributed by atoms with Crippen LogP contribution in [0.4, 0.5) is 0 Å². The Balaban J connectivity index is -0.000000384. The largest absolute Gasteiger partial charge is 2.00 e. The molecular weight excluding hydrogens is 619 g/mol. The van der Waals surface area contributed by atoms with Gasteiger partial charge in [0.2, 0.25) is 0 Å². The van der Waals surface area contributed by atoms with Crippen LogP contribution in [0.3, 0.4) is 0 Å². The van der Waals surface area contributed by atoms with E-state index in [1.54, 1.807) is 36.8 Å². The van der Waals surface area contributed by atoms with Crippen LogP contribution in [0.5, 0.6) is 0 Å². The second kappa shape index (κ2) is 16.1. The number of benzene rings is 2. The average Bonchev–Trinajstić information content (AvgIpc) is 2.54. The molecule has 2 atom stereocenters. The Bertz CT molecular complexity index is 699. The molecule has 0 saturated carbocycles. The van der Waals surface area contributed by atoms with Crippen molar-refractivity contribution >= 4 is 56.0 Å². The fourth-order valence-electron chi connectivity index (χ4n) is 1.49. The molecule has 27 heavy (non-hydrogen) atoms. The minimum Gasteiger partial charge on any atom is -0.853 e. The van der Waals surface area contributed by atoms with Crippen molar-refractivity contribution < 1.29 is 78.0 Å². The Kier molecular flexibility index (Phi) is 20.3. The zero-order valence-corrected chi connectivity index (χ0v) is 29.0. The monoisotopic (exact) mass is 630 g/mol. The minimum atomic E-state index is -3.62. The summed E-state index contributed by atoms with van der Waals surface area (Å²) in [7, 11) is -1.67. The first-order valence-corrected chi connectivity index (χ1v) is 16.3. The molecule has 0 aliphatic heterocycles. The molecule has 4 nitrogen and oxygen atoms in total. The third-order valence-corrected chi connectivity index (χ3v) is 15.4. The molecule has 0 amide bonds. The van der Waals surface area contributed by atoms with E-state index in [-0.39, 0.29) is 58.4 Å². The average molecular weight is 635 g/mol. The standard InChI is InChI=1S/2C7H8O2PS2.3Zn/c2*1-12(10(8,9)11)7-5-3-2-4-6-7;;;/h2*2-6H,1H3;;;/q2*-3;3*+2. The second-order valence-electron chi connectivity index (χ2n) is 4.48. The summed E-state index contributed by atoms with van der Waals surface area (Å²) in [6.45, 7) is 0. The van der Waals surface area contributed by atoms with Gasteiger partial charge in [0.25, 0.3) is 0 Å². The summed E-state index contributed by atoms with van der Waals surface area (Å²) >= 11 is 8.80. The Morgan fingerprint density at radius 1 is 0.593 bits per heavy atom. The molecule has 0 aliphatic carbocycles. The molecule has 0 bridgehead atoms. The number of rotatable bonds is 2. The van der Waals surface area contributed by atoms with E-state index >= 15 is 0 Å². The Labute approximate surface area is 214 Å². The maximum atomic E-state index is 11.0. The topological polar surface area (TPSA) is 92.2 Å². The van der Waals surface area contributed by atoms with Crippen molar-refractivity contribution in [2.75, 3.05) is 12.5 Å². The van der Waals surface area contributed by atoms with Crippen molar-refractivity contribution in [1.82, 2.24) is 0 Å². The molecule has 13 heteroatoms. The first-order valence-electron chi connectivity index (χ1n) is 6.51. The molecule has 0 aliphatic rings. The van der Waals surface area contributed by atoms with Crippen molar-refractivity contribution in [2.24, 2.45) is 0 Å². The van der Waals surface area contributed by atoms with Crippen LogP contribution in [0.1, 0.15) is 0 Å². The molecule has 2 unspecified atom stereocenters. The summed E-state index contributed by atoms with van der Waals surface area (Å²) in [5.74, 6) is 0. The van der Waals surface area contributed by atoms with Crippen LogP contribution in [0.2, 0.25) is 0 Å². The molecule has 0 radical (unpaired) electrons. The quantitative estimate of drug-likeness (QED) is 0.271. The Hall–Kier alpha value is 2.41. The Morgan fingerprint density at radius 3 is 1.00 bits per heavy atom. The first-order chi connectivity index (χ1) is 11.0. The third-order valence-electron chi connectivity index (χ3n) is 2.84. The second-order valence-corrected chi connectivity index (χ2v) is 19.6. The van der Waals surface area contributed by atoms with Crippen molar-refractivity contribution in [3.63, 3.8) is 0 Å². The SMILES string of the molecule is CS(c1ccccc1)=P([O-])([O-])[S-].CS(c1ccccc1)=P([O-])([O-])[S-].[Zn+2].[Zn+2].[Zn+2]. The zero-order chi connectivity index (χ0) is 18.4. The zero-order valence-electron chi connectivity index (χ0n) is 15.1. The summed E-state index contributed by atoms with van der Waals surface area (Å²) in [4.78, 5) is 45.5. The molecule has 0 aromatic heterocycles. The van der Waals surface area contributed by atoms with Crippen molar-refractivity contribution in [3.8, 4) is 0 Å². The van der Waals surface area contributed by atoms with Crippen LogP contribution in [0.25, 0.3) is 0 Å². The van der Waals surface area contributed by atoms with Crippen LogP contribution < -0.4 is 19.6 Å². The van der Waals surface area contributed by atoms with E-state index in [4.69, 9.17) is 0 Å². The predicted molar refractivity (Wildman–Crippen MR) is 105 cm³/mol. The van der Waals surface area contributed by atoms with Crippen LogP contribution in [-0.2, 0) is 103 Å². The van der Waals surface area contributed by atoms with E-state index in [2.05, 4.69) is 24.5 Å². The smallest absolute Gasteiger partial charge is 0.853 e. The van der Waals surface area contributed by atoms with Gasteiger partial charge in [0.05, 0.1) is 0 Å². The van der Waals surface area contributed by atoms with E-state index in [1.807, 2.05) is 36.4 Å². The summed E-state index contributed by atoms with van der Waals surface area (Å²) in [6, 6.07) is 18.0. The van der Waals surface area contributed by atoms with Gasteiger partial charge in [-0.3, -0.25) is 0 Å². The van der Waals surface area contributed by atoms with E-state index < -0.39 is 31.5 Å². The summed E-state index contributed by atoms with van der Waals surface area (Å²) in [6.07, 6.45) is 3.27. The van der Waals surface area contributed by atoms with Gasteiger partial charge >= 0.3 is 58.4 Å². The van der Waals surface area contributed by atoms with E-state index in [1.165, 1.54) is 0 Å². The van der Waals surface area contributed by atoms with Crippen LogP contribution in [-0.4, -0.2) is 12.5 Å². The molecule has 0 spiro atoms. The maximum Gasteiger partial charge on any atom is 2.00 e. The summed E-state index contributed by atoms with van der Waals surface area (Å²) in [5.41, 5.74) is -7.24. The van der Waals surface area contributed by atoms with Gasteiger partial charge in [0.15, 0.2) is 0 Å². The number of hydrogen-bond donors (Lipinski definition) is 0. The molecule has 0 heterocycles. The number of hydrogen-bond acceptors (Lipinski definition) is 6. The molecule has 2 aromatic rings. The predicted octanol–water partition coefficient (Wildman–Crippen LogP) is 0.470. The van der Waals surface area contributed by atoms with E-state index in [0.717, 1.165) is 9.79 Å². The van der Waals surface area contributed by atoms with Crippen LogP contribution in [0.15, 0.2) is 70.5 Å². The minimum absolute atomic E-state index is 0. The molecular formula is C14H16O4P2S4Zn3. The molecule has 0 fully saturated rings. The van der Waals surface area contributed by atoms with Gasteiger partial charge in [0, 0.05) is 0 Å². The van der Waals surface area contributed by atoms with Gasteiger partial charge in [-0.15, -0.1) is 0 Å². The van der Waals surface area contributed by atoms with Crippen molar-refractivity contribution in [2.45, 2.75) is 9.79 Å². The van der Waals surface area contributed by atoms with Gasteiger partial charge in [0.1, 0.15) is 0 Å². The molecule has 2 rings (SSSR count). The molecule has 0 saturated heterocycles. The van der Waals surface area contributed by atoms with Gasteiger partial charge in [-0.2, -0.15) is 0 Å². The summed E-state index contributed by atoms with van der Waals surface area (Å²) in [5, 5.41) is 0. The Morgan fingerprint density at radius 2 is 0.815 bits per heavy atom. The fourth-order valence-corrected chi connectivity index (χ4v) is 6.94. The van der Waals surface area contributed by atoms with Gasteiger partial charge in [-0.25, -0.2) is 20.1 Å². The molecule has 2 aromatic carbocycles. The first kappa shape index (κ1) is 34.0. The van der Waals surface area contributed by atoms with E-state index in [0.29, 0.717) is 0 Å². The summed E-state index contributed by atoms with van der Waals surface area (Å²) < 4.78 is 0. The van der Waals surface area contributed by atoms with Crippen LogP contribution in [0, 0.1) is 0 Å². The third kappa shape index (κ3) is 13.4. The molecule has 0 N–H and O–H groups in total. The van der Waals surface area contributed by atoms with Gasteiger partial charge < -0.3 is 55.5 Å². The normalized spacial score (nSPS) is 12.7.